The van der Waals surface area contributed by atoms with Gasteiger partial charge < -0.3 is 5.11 Å². The third-order valence-electron chi connectivity index (χ3n) is 1.62. The van der Waals surface area contributed by atoms with Gasteiger partial charge in [0.1, 0.15) is 5.03 Å². The quantitative estimate of drug-likeness (QED) is 0.852. The van der Waals surface area contributed by atoms with Gasteiger partial charge in [0.2, 0.25) is 0 Å². The second kappa shape index (κ2) is 6.10. The molecule has 0 saturated heterocycles. The normalized spacial score (nSPS) is 12.9. The van der Waals surface area contributed by atoms with E-state index in [1.807, 2.05) is 6.07 Å². The molecule has 0 aliphatic rings. The predicted octanol–water partition coefficient (Wildman–Crippen LogP) is 3.47. The van der Waals surface area contributed by atoms with Gasteiger partial charge in [0.05, 0.1) is 4.47 Å². The molecule has 0 spiro atoms. The molecule has 0 saturated carbocycles. The first-order valence-corrected chi connectivity index (χ1v) is 6.68. The zero-order valence-electron chi connectivity index (χ0n) is 7.70. The summed E-state index contributed by atoms with van der Waals surface area (Å²) in [5.41, 5.74) is 0. The monoisotopic (exact) mass is 339 g/mol. The second-order valence-electron chi connectivity index (χ2n) is 2.88. The number of aromatic nitrogens is 1. The van der Waals surface area contributed by atoms with E-state index in [2.05, 4.69) is 43.8 Å². The Hall–Kier alpha value is 0.420. The van der Waals surface area contributed by atoms with E-state index < -0.39 is 0 Å². The Morgan fingerprint density at radius 1 is 1.57 bits per heavy atom. The summed E-state index contributed by atoms with van der Waals surface area (Å²) in [5, 5.41) is 10.1. The molecule has 0 fully saturated rings. The highest BCUT2D eigenvalue weighted by Crippen LogP contribution is 2.31. The standard InChI is InChI=1S/C9H11Br2NOS/c1-6(2-3-13)14-9-8(11)4-7(10)5-12-9/h4-6,13H,2-3H2,1H3. The highest BCUT2D eigenvalue weighted by molar-refractivity contribution is 9.11. The number of hydrogen-bond acceptors (Lipinski definition) is 3. The van der Waals surface area contributed by atoms with Crippen molar-refractivity contribution in [1.29, 1.82) is 0 Å². The van der Waals surface area contributed by atoms with Gasteiger partial charge in [0, 0.05) is 22.5 Å². The number of aliphatic hydroxyl groups is 1. The summed E-state index contributed by atoms with van der Waals surface area (Å²) in [6.45, 7) is 2.30. The summed E-state index contributed by atoms with van der Waals surface area (Å²) in [6.07, 6.45) is 2.56. The molecule has 5 heteroatoms. The molecule has 0 radical (unpaired) electrons. The van der Waals surface area contributed by atoms with Gasteiger partial charge in [-0.2, -0.15) is 0 Å². The first-order valence-electron chi connectivity index (χ1n) is 4.22. The Morgan fingerprint density at radius 2 is 2.29 bits per heavy atom. The number of hydrogen-bond donors (Lipinski definition) is 1. The van der Waals surface area contributed by atoms with Crippen molar-refractivity contribution in [3.63, 3.8) is 0 Å². The summed E-state index contributed by atoms with van der Waals surface area (Å²) in [6, 6.07) is 1.97. The van der Waals surface area contributed by atoms with Gasteiger partial charge in [-0.15, -0.1) is 11.8 Å². The van der Waals surface area contributed by atoms with Crippen LogP contribution in [0.3, 0.4) is 0 Å². The van der Waals surface area contributed by atoms with Crippen molar-refractivity contribution in [2.24, 2.45) is 0 Å². The predicted molar refractivity (Wildman–Crippen MR) is 66.7 cm³/mol. The first kappa shape index (κ1) is 12.5. The Labute approximate surface area is 105 Å². The van der Waals surface area contributed by atoms with E-state index in [4.69, 9.17) is 5.11 Å². The fourth-order valence-corrected chi connectivity index (χ4v) is 3.08. The molecule has 0 aliphatic carbocycles. The molecule has 1 rings (SSSR count). The fraction of sp³-hybridized carbons (Fsp3) is 0.444. The van der Waals surface area contributed by atoms with E-state index in [1.165, 1.54) is 0 Å². The lowest BCUT2D eigenvalue weighted by Gasteiger charge is -2.09. The Morgan fingerprint density at radius 3 is 2.86 bits per heavy atom. The maximum Gasteiger partial charge on any atom is 0.111 e. The van der Waals surface area contributed by atoms with Crippen LogP contribution < -0.4 is 0 Å². The van der Waals surface area contributed by atoms with Crippen molar-refractivity contribution in [2.75, 3.05) is 6.61 Å². The van der Waals surface area contributed by atoms with Gasteiger partial charge in [-0.1, -0.05) is 6.92 Å². The van der Waals surface area contributed by atoms with E-state index in [1.54, 1.807) is 18.0 Å². The summed E-state index contributed by atoms with van der Waals surface area (Å²) in [5.74, 6) is 0. The zero-order valence-corrected chi connectivity index (χ0v) is 11.7. The minimum atomic E-state index is 0.225. The van der Waals surface area contributed by atoms with Crippen LogP contribution in [-0.4, -0.2) is 21.9 Å². The summed E-state index contributed by atoms with van der Waals surface area (Å²) >= 11 is 8.47. The van der Waals surface area contributed by atoms with Crippen molar-refractivity contribution in [2.45, 2.75) is 23.6 Å². The van der Waals surface area contributed by atoms with Crippen LogP contribution in [0.15, 0.2) is 26.2 Å². The van der Waals surface area contributed by atoms with Crippen molar-refractivity contribution in [1.82, 2.24) is 4.98 Å². The average molecular weight is 341 g/mol. The van der Waals surface area contributed by atoms with Crippen LogP contribution in [0.1, 0.15) is 13.3 Å². The Bertz CT molecular complexity index is 309. The lowest BCUT2D eigenvalue weighted by Crippen LogP contribution is -2.00. The van der Waals surface area contributed by atoms with Crippen molar-refractivity contribution < 1.29 is 5.11 Å². The summed E-state index contributed by atoms with van der Waals surface area (Å²) in [7, 11) is 0. The average Bonchev–Trinajstić information content (AvgIpc) is 2.10. The van der Waals surface area contributed by atoms with Gasteiger partial charge in [0.25, 0.3) is 0 Å². The Balaban J connectivity index is 2.67. The zero-order chi connectivity index (χ0) is 10.6. The topological polar surface area (TPSA) is 33.1 Å². The molecule has 1 aromatic rings. The molecular formula is C9H11Br2NOS. The van der Waals surface area contributed by atoms with Crippen LogP contribution in [0, 0.1) is 0 Å². The van der Waals surface area contributed by atoms with Gasteiger partial charge in [-0.25, -0.2) is 4.98 Å². The lowest BCUT2D eigenvalue weighted by molar-refractivity contribution is 0.289. The van der Waals surface area contributed by atoms with Crippen LogP contribution in [0.4, 0.5) is 0 Å². The number of thioether (sulfide) groups is 1. The molecule has 0 aromatic carbocycles. The van der Waals surface area contributed by atoms with E-state index in [0.29, 0.717) is 5.25 Å². The summed E-state index contributed by atoms with van der Waals surface area (Å²) < 4.78 is 1.95. The minimum Gasteiger partial charge on any atom is -0.396 e. The third-order valence-corrected chi connectivity index (χ3v) is 4.11. The van der Waals surface area contributed by atoms with Crippen LogP contribution >= 0.6 is 43.6 Å². The molecule has 0 amide bonds. The molecule has 1 unspecified atom stereocenters. The van der Waals surface area contributed by atoms with E-state index in [0.717, 1.165) is 20.4 Å². The Kier molecular flexibility index (Phi) is 5.44. The minimum absolute atomic E-state index is 0.225. The molecule has 1 atom stereocenters. The molecule has 1 aromatic heterocycles. The highest BCUT2D eigenvalue weighted by atomic mass is 79.9. The van der Waals surface area contributed by atoms with Crippen LogP contribution in [-0.2, 0) is 0 Å². The molecular weight excluding hydrogens is 330 g/mol. The van der Waals surface area contributed by atoms with Crippen LogP contribution in [0.5, 0.6) is 0 Å². The number of halogens is 2. The molecule has 1 heterocycles. The van der Waals surface area contributed by atoms with E-state index in [9.17, 15) is 0 Å². The van der Waals surface area contributed by atoms with Gasteiger partial charge >= 0.3 is 0 Å². The molecule has 1 N–H and O–H groups in total. The lowest BCUT2D eigenvalue weighted by atomic mass is 10.3. The maximum absolute atomic E-state index is 8.78. The third kappa shape index (κ3) is 3.88. The van der Waals surface area contributed by atoms with E-state index in [-0.39, 0.29) is 6.61 Å². The van der Waals surface area contributed by atoms with E-state index >= 15 is 0 Å². The van der Waals surface area contributed by atoms with Crippen molar-refractivity contribution in [3.05, 3.63) is 21.2 Å². The van der Waals surface area contributed by atoms with Crippen molar-refractivity contribution in [3.8, 4) is 0 Å². The highest BCUT2D eigenvalue weighted by Gasteiger charge is 2.08. The van der Waals surface area contributed by atoms with Gasteiger partial charge in [-0.3, -0.25) is 0 Å². The smallest absolute Gasteiger partial charge is 0.111 e. The van der Waals surface area contributed by atoms with Gasteiger partial charge in [0.15, 0.2) is 0 Å². The number of aliphatic hydroxyl groups excluding tert-OH is 1. The second-order valence-corrected chi connectivity index (χ2v) is 6.08. The fourth-order valence-electron chi connectivity index (χ4n) is 0.920. The molecule has 78 valence electrons. The molecule has 14 heavy (non-hydrogen) atoms. The SMILES string of the molecule is CC(CCO)Sc1ncc(Br)cc1Br. The number of nitrogens with zero attached hydrogens (tertiary/aromatic N) is 1. The largest absolute Gasteiger partial charge is 0.396 e. The molecule has 0 aliphatic heterocycles. The van der Waals surface area contributed by atoms with Crippen molar-refractivity contribution >= 4 is 43.6 Å². The number of pyridine rings is 1. The molecule has 0 bridgehead atoms. The van der Waals surface area contributed by atoms with Crippen LogP contribution in [0.25, 0.3) is 0 Å². The number of rotatable bonds is 4. The maximum atomic E-state index is 8.78. The first-order chi connectivity index (χ1) is 6.63. The van der Waals surface area contributed by atoms with Gasteiger partial charge in [-0.05, 0) is 44.3 Å². The molecule has 2 nitrogen and oxygen atoms in total. The summed E-state index contributed by atoms with van der Waals surface area (Å²) in [4.78, 5) is 4.29. The van der Waals surface area contributed by atoms with Crippen LogP contribution in [0.2, 0.25) is 0 Å².